The van der Waals surface area contributed by atoms with E-state index in [1.165, 1.54) is 157 Å². The van der Waals surface area contributed by atoms with Gasteiger partial charge < -0.3 is 4.90 Å². The maximum Gasteiger partial charge on any atom is 0.0542 e. The van der Waals surface area contributed by atoms with Crippen molar-refractivity contribution in [2.24, 2.45) is 11.8 Å². The van der Waals surface area contributed by atoms with Crippen molar-refractivity contribution in [2.75, 3.05) is 4.90 Å². The van der Waals surface area contributed by atoms with Crippen LogP contribution in [0.25, 0.3) is 33.0 Å². The Bertz CT molecular complexity index is 2410. The van der Waals surface area contributed by atoms with E-state index in [9.17, 15) is 0 Å². The van der Waals surface area contributed by atoms with E-state index in [-0.39, 0.29) is 5.41 Å². The Balaban J connectivity index is 1.01. The topological polar surface area (TPSA) is 3.24 Å². The van der Waals surface area contributed by atoms with Gasteiger partial charge in [0.1, 0.15) is 0 Å². The Morgan fingerprint density at radius 3 is 1.91 bits per heavy atom. The lowest BCUT2D eigenvalue weighted by Crippen LogP contribution is -2.17. The van der Waals surface area contributed by atoms with E-state index in [4.69, 9.17) is 0 Å². The molecule has 4 saturated carbocycles. The Labute approximate surface area is 341 Å². The summed E-state index contributed by atoms with van der Waals surface area (Å²) in [6.45, 7) is 4.88. The van der Waals surface area contributed by atoms with Crippen LogP contribution in [-0.4, -0.2) is 0 Å². The highest BCUT2D eigenvalue weighted by Gasteiger charge is 2.40. The number of hydrogen-bond acceptors (Lipinski definition) is 1. The van der Waals surface area contributed by atoms with Crippen molar-refractivity contribution in [2.45, 2.75) is 127 Å². The maximum absolute atomic E-state index is 2.61. The van der Waals surface area contributed by atoms with Gasteiger partial charge in [-0.2, -0.15) is 0 Å². The molecule has 11 rings (SSSR count). The summed E-state index contributed by atoms with van der Waals surface area (Å²) < 4.78 is 0. The van der Waals surface area contributed by atoms with Gasteiger partial charge in [-0.3, -0.25) is 0 Å². The van der Waals surface area contributed by atoms with Crippen LogP contribution in [-0.2, 0) is 5.41 Å². The van der Waals surface area contributed by atoms with Gasteiger partial charge in [0.2, 0.25) is 0 Å². The molecule has 57 heavy (non-hydrogen) atoms. The summed E-state index contributed by atoms with van der Waals surface area (Å²) in [5.41, 5.74) is 16.6. The zero-order valence-corrected chi connectivity index (χ0v) is 34.3. The molecule has 3 unspecified atom stereocenters. The first kappa shape index (κ1) is 35.5. The Morgan fingerprint density at radius 1 is 0.509 bits per heavy atom. The van der Waals surface area contributed by atoms with Gasteiger partial charge in [0, 0.05) is 22.2 Å². The van der Waals surface area contributed by atoms with Gasteiger partial charge in [-0.1, -0.05) is 144 Å². The average Bonchev–Trinajstić information content (AvgIpc) is 3.97. The highest BCUT2D eigenvalue weighted by atomic mass is 15.1. The van der Waals surface area contributed by atoms with Crippen molar-refractivity contribution in [1.29, 1.82) is 0 Å². The fourth-order valence-electron chi connectivity index (χ4n) is 12.7. The average molecular weight is 746 g/mol. The molecular weight excluding hydrogens is 687 g/mol. The molecule has 0 heterocycles. The SMILES string of the molecule is CC1(C)c2ccc(-c3ccc(C4CCCCC4)cc3)cc2-c2ccc(N(c3ccc(C4CC5CCC4C5)cc3)c3cccc4cccc(C5CCCCC5)c34)cc21. The molecule has 0 aromatic heterocycles. The molecule has 3 atom stereocenters. The second-order valence-electron chi connectivity index (χ2n) is 19.3. The minimum absolute atomic E-state index is 0.104. The molecule has 0 radical (unpaired) electrons. The third-order valence-corrected chi connectivity index (χ3v) is 15.8. The molecule has 5 aliphatic rings. The van der Waals surface area contributed by atoms with Gasteiger partial charge in [-0.05, 0) is 166 Å². The van der Waals surface area contributed by atoms with Crippen molar-refractivity contribution in [3.8, 4) is 22.3 Å². The summed E-state index contributed by atoms with van der Waals surface area (Å²) in [6, 6.07) is 48.2. The standard InChI is InChI=1S/C56H59N/c1-56(2)52-32-27-44(40-23-21-39(22-24-40)38-11-5-3-6-12-38)35-51(52)49-31-30-47(36-53(49)56)57(46-28-25-42(26-29-46)50-34-37-19-20-45(50)33-37)54-18-10-16-43-15-9-17-48(55(43)54)41-13-7-4-8-14-41/h9-10,15-18,21-32,35-38,41,45,50H,3-8,11-14,19-20,33-34H2,1-2H3. The fraction of sp³-hybridized carbons (Fsp3) is 0.393. The normalized spacial score (nSPS) is 22.8. The van der Waals surface area contributed by atoms with Crippen LogP contribution < -0.4 is 4.90 Å². The molecule has 0 aliphatic heterocycles. The van der Waals surface area contributed by atoms with E-state index in [0.29, 0.717) is 5.92 Å². The van der Waals surface area contributed by atoms with Gasteiger partial charge >= 0.3 is 0 Å². The van der Waals surface area contributed by atoms with Gasteiger partial charge in [-0.15, -0.1) is 0 Å². The summed E-state index contributed by atoms with van der Waals surface area (Å²) in [5, 5.41) is 2.79. The van der Waals surface area contributed by atoms with E-state index in [2.05, 4.69) is 140 Å². The second-order valence-corrected chi connectivity index (χ2v) is 19.3. The zero-order chi connectivity index (χ0) is 38.1. The van der Waals surface area contributed by atoms with Crippen molar-refractivity contribution in [3.05, 3.63) is 149 Å². The van der Waals surface area contributed by atoms with Crippen LogP contribution in [0.4, 0.5) is 17.1 Å². The van der Waals surface area contributed by atoms with Crippen LogP contribution in [0.15, 0.2) is 121 Å². The number of rotatable bonds is 7. The van der Waals surface area contributed by atoms with E-state index in [0.717, 1.165) is 23.7 Å². The molecule has 1 heteroatoms. The number of anilines is 3. The van der Waals surface area contributed by atoms with E-state index in [1.807, 2.05) is 0 Å². The lowest BCUT2D eigenvalue weighted by atomic mass is 9.81. The molecular formula is C56H59N. The molecule has 5 aliphatic carbocycles. The summed E-state index contributed by atoms with van der Waals surface area (Å²) in [7, 11) is 0. The molecule has 1 nitrogen and oxygen atoms in total. The molecule has 6 aromatic carbocycles. The van der Waals surface area contributed by atoms with Crippen LogP contribution in [0, 0.1) is 11.8 Å². The number of nitrogens with zero attached hydrogens (tertiary/aromatic N) is 1. The van der Waals surface area contributed by atoms with Gasteiger partial charge in [0.05, 0.1) is 5.69 Å². The number of hydrogen-bond donors (Lipinski definition) is 0. The first-order valence-electron chi connectivity index (χ1n) is 22.8. The lowest BCUT2D eigenvalue weighted by Gasteiger charge is -2.31. The Morgan fingerprint density at radius 2 is 1.19 bits per heavy atom. The van der Waals surface area contributed by atoms with Crippen molar-refractivity contribution >= 4 is 27.8 Å². The molecule has 0 amide bonds. The van der Waals surface area contributed by atoms with Crippen LogP contribution in [0.2, 0.25) is 0 Å². The van der Waals surface area contributed by atoms with Gasteiger partial charge in [-0.25, -0.2) is 0 Å². The first-order valence-corrected chi connectivity index (χ1v) is 22.8. The summed E-state index contributed by atoms with van der Waals surface area (Å²) in [5.74, 6) is 3.93. The fourth-order valence-corrected chi connectivity index (χ4v) is 12.7. The first-order chi connectivity index (χ1) is 28.0. The van der Waals surface area contributed by atoms with Crippen LogP contribution in [0.3, 0.4) is 0 Å². The molecule has 6 aromatic rings. The molecule has 288 valence electrons. The van der Waals surface area contributed by atoms with E-state index < -0.39 is 0 Å². The van der Waals surface area contributed by atoms with Crippen molar-refractivity contribution in [1.82, 2.24) is 0 Å². The third kappa shape index (κ3) is 6.18. The van der Waals surface area contributed by atoms with Crippen molar-refractivity contribution in [3.63, 3.8) is 0 Å². The molecule has 0 saturated heterocycles. The minimum Gasteiger partial charge on any atom is -0.310 e. The van der Waals surface area contributed by atoms with Crippen LogP contribution in [0.5, 0.6) is 0 Å². The van der Waals surface area contributed by atoms with Gasteiger partial charge in [0.15, 0.2) is 0 Å². The largest absolute Gasteiger partial charge is 0.310 e. The predicted molar refractivity (Wildman–Crippen MR) is 241 cm³/mol. The van der Waals surface area contributed by atoms with E-state index in [1.54, 1.807) is 11.1 Å². The van der Waals surface area contributed by atoms with Gasteiger partial charge in [0.25, 0.3) is 0 Å². The summed E-state index contributed by atoms with van der Waals surface area (Å²) >= 11 is 0. The number of fused-ring (bicyclic) bond motifs is 6. The third-order valence-electron chi connectivity index (χ3n) is 15.8. The molecule has 0 spiro atoms. The second kappa shape index (κ2) is 14.3. The number of benzene rings is 6. The quantitative estimate of drug-likeness (QED) is 0.157. The maximum atomic E-state index is 2.61. The molecule has 4 fully saturated rings. The Kier molecular flexibility index (Phi) is 8.94. The van der Waals surface area contributed by atoms with Crippen LogP contribution >= 0.6 is 0 Å². The smallest absolute Gasteiger partial charge is 0.0542 e. The summed E-state index contributed by atoms with van der Waals surface area (Å²) in [6.07, 6.45) is 19.2. The highest BCUT2D eigenvalue weighted by molar-refractivity contribution is 6.02. The van der Waals surface area contributed by atoms with E-state index >= 15 is 0 Å². The molecule has 2 bridgehead atoms. The monoisotopic (exact) mass is 745 g/mol. The zero-order valence-electron chi connectivity index (χ0n) is 34.3. The predicted octanol–water partition coefficient (Wildman–Crippen LogP) is 16.3. The minimum atomic E-state index is -0.104. The molecule has 0 N–H and O–H groups in total. The lowest BCUT2D eigenvalue weighted by molar-refractivity contribution is 0.420. The summed E-state index contributed by atoms with van der Waals surface area (Å²) in [4.78, 5) is 2.61. The Hall–Kier alpha value is -4.62. The highest BCUT2D eigenvalue weighted by Crippen LogP contribution is 2.55. The van der Waals surface area contributed by atoms with Crippen LogP contribution in [0.1, 0.15) is 149 Å². The van der Waals surface area contributed by atoms with Crippen molar-refractivity contribution < 1.29 is 0 Å².